The van der Waals surface area contributed by atoms with Gasteiger partial charge in [-0.2, -0.15) is 0 Å². The van der Waals surface area contributed by atoms with Gasteiger partial charge in [0.25, 0.3) is 0 Å². The molecule has 0 aromatic carbocycles. The Kier molecular flexibility index (Phi) is 4.55. The topological polar surface area (TPSA) is 40.5 Å². The summed E-state index contributed by atoms with van der Waals surface area (Å²) in [5, 5.41) is 6.74. The number of nitrogens with zero attached hydrogens (tertiary/aromatic N) is 3. The van der Waals surface area contributed by atoms with Crippen LogP contribution in [-0.2, 0) is 6.42 Å². The van der Waals surface area contributed by atoms with Gasteiger partial charge in [0.2, 0.25) is 0 Å². The van der Waals surface area contributed by atoms with Gasteiger partial charge in [0.1, 0.15) is 0 Å². The van der Waals surface area contributed by atoms with Gasteiger partial charge < -0.3 is 10.2 Å². The Hall–Kier alpha value is -1.10. The molecule has 1 aromatic rings. The molecule has 1 N–H and O–H groups in total. The van der Waals surface area contributed by atoms with Crippen LogP contribution in [-0.4, -0.2) is 42.5 Å². The smallest absolute Gasteiger partial charge is 0.193 e. The Morgan fingerprint density at radius 2 is 2.15 bits per heavy atom. The largest absolute Gasteiger partial charge is 0.356 e. The molecule has 4 nitrogen and oxygen atoms in total. The van der Waals surface area contributed by atoms with Crippen LogP contribution in [0, 0.1) is 11.8 Å². The Labute approximate surface area is 125 Å². The van der Waals surface area contributed by atoms with E-state index in [1.165, 1.54) is 43.8 Å². The molecule has 0 amide bonds. The Morgan fingerprint density at radius 1 is 1.40 bits per heavy atom. The molecular weight excluding hydrogens is 268 g/mol. The number of rotatable bonds is 3. The van der Waals surface area contributed by atoms with E-state index in [1.807, 2.05) is 18.6 Å². The SMILES string of the molecule is CN=C(NCCc1nccs1)N1CC2CCCCC2C1. The van der Waals surface area contributed by atoms with Crippen molar-refractivity contribution in [2.75, 3.05) is 26.7 Å². The summed E-state index contributed by atoms with van der Waals surface area (Å²) in [5.41, 5.74) is 0. The van der Waals surface area contributed by atoms with Crippen molar-refractivity contribution in [1.82, 2.24) is 15.2 Å². The molecule has 0 radical (unpaired) electrons. The molecule has 110 valence electrons. The molecule has 20 heavy (non-hydrogen) atoms. The molecule has 2 fully saturated rings. The molecular formula is C15H24N4S. The summed E-state index contributed by atoms with van der Waals surface area (Å²) >= 11 is 1.73. The highest BCUT2D eigenvalue weighted by molar-refractivity contribution is 7.09. The van der Waals surface area contributed by atoms with Crippen LogP contribution in [0.15, 0.2) is 16.6 Å². The number of likely N-dealkylation sites (tertiary alicyclic amines) is 1. The Morgan fingerprint density at radius 3 is 2.75 bits per heavy atom. The first-order valence-corrected chi connectivity index (χ1v) is 8.58. The number of thiazole rings is 1. The zero-order chi connectivity index (χ0) is 13.8. The van der Waals surface area contributed by atoms with Crippen molar-refractivity contribution >= 4 is 17.3 Å². The Balaban J connectivity index is 1.49. The van der Waals surface area contributed by atoms with Crippen LogP contribution in [0.1, 0.15) is 30.7 Å². The molecule has 5 heteroatoms. The van der Waals surface area contributed by atoms with E-state index in [1.54, 1.807) is 11.3 Å². The van der Waals surface area contributed by atoms with E-state index in [2.05, 4.69) is 20.2 Å². The maximum atomic E-state index is 4.46. The quantitative estimate of drug-likeness (QED) is 0.687. The molecule has 3 rings (SSSR count). The van der Waals surface area contributed by atoms with Crippen molar-refractivity contribution in [3.8, 4) is 0 Å². The van der Waals surface area contributed by atoms with Gasteiger partial charge in [-0.05, 0) is 24.7 Å². The zero-order valence-electron chi connectivity index (χ0n) is 12.2. The summed E-state index contributed by atoms with van der Waals surface area (Å²) < 4.78 is 0. The number of nitrogens with one attached hydrogen (secondary N) is 1. The molecule has 2 atom stereocenters. The molecule has 1 saturated carbocycles. The van der Waals surface area contributed by atoms with Gasteiger partial charge in [-0.3, -0.25) is 4.99 Å². The van der Waals surface area contributed by atoms with Gasteiger partial charge in [0.15, 0.2) is 5.96 Å². The highest BCUT2D eigenvalue weighted by Gasteiger charge is 2.35. The number of hydrogen-bond donors (Lipinski definition) is 1. The lowest BCUT2D eigenvalue weighted by Gasteiger charge is -2.22. The highest BCUT2D eigenvalue weighted by atomic mass is 32.1. The highest BCUT2D eigenvalue weighted by Crippen LogP contribution is 2.35. The predicted molar refractivity (Wildman–Crippen MR) is 84.2 cm³/mol. The summed E-state index contributed by atoms with van der Waals surface area (Å²) in [6.07, 6.45) is 8.53. The molecule has 2 heterocycles. The van der Waals surface area contributed by atoms with Crippen molar-refractivity contribution in [2.45, 2.75) is 32.1 Å². The minimum atomic E-state index is 0.904. The molecule has 1 aliphatic carbocycles. The van der Waals surface area contributed by atoms with Crippen LogP contribution in [0.5, 0.6) is 0 Å². The molecule has 2 unspecified atom stereocenters. The number of aliphatic imine (C=N–C) groups is 1. The van der Waals surface area contributed by atoms with Crippen LogP contribution in [0.25, 0.3) is 0 Å². The first kappa shape index (κ1) is 13.9. The fraction of sp³-hybridized carbons (Fsp3) is 0.733. The minimum absolute atomic E-state index is 0.904. The number of guanidine groups is 1. The fourth-order valence-electron chi connectivity index (χ4n) is 3.57. The molecule has 0 spiro atoms. The van der Waals surface area contributed by atoms with E-state index in [9.17, 15) is 0 Å². The van der Waals surface area contributed by atoms with E-state index >= 15 is 0 Å². The predicted octanol–water partition coefficient (Wildman–Crippen LogP) is 2.38. The van der Waals surface area contributed by atoms with E-state index in [0.717, 1.165) is 30.8 Å². The fourth-order valence-corrected chi connectivity index (χ4v) is 4.19. The second-order valence-electron chi connectivity index (χ2n) is 5.86. The average Bonchev–Trinajstić information content (AvgIpc) is 3.12. The van der Waals surface area contributed by atoms with Crippen LogP contribution in [0.2, 0.25) is 0 Å². The number of fused-ring (bicyclic) bond motifs is 1. The third kappa shape index (κ3) is 3.14. The van der Waals surface area contributed by atoms with Crippen molar-refractivity contribution in [3.63, 3.8) is 0 Å². The van der Waals surface area contributed by atoms with Gasteiger partial charge in [0.05, 0.1) is 5.01 Å². The van der Waals surface area contributed by atoms with Gasteiger partial charge in [-0.1, -0.05) is 12.8 Å². The maximum Gasteiger partial charge on any atom is 0.193 e. The third-order valence-electron chi connectivity index (χ3n) is 4.59. The summed E-state index contributed by atoms with van der Waals surface area (Å²) in [5.74, 6) is 2.89. The van der Waals surface area contributed by atoms with Crippen molar-refractivity contribution in [3.05, 3.63) is 16.6 Å². The maximum absolute atomic E-state index is 4.46. The molecule has 0 bridgehead atoms. The van der Waals surface area contributed by atoms with Crippen LogP contribution in [0.3, 0.4) is 0 Å². The van der Waals surface area contributed by atoms with Gasteiger partial charge >= 0.3 is 0 Å². The van der Waals surface area contributed by atoms with E-state index in [4.69, 9.17) is 0 Å². The van der Waals surface area contributed by atoms with Crippen molar-refractivity contribution in [1.29, 1.82) is 0 Å². The van der Waals surface area contributed by atoms with Crippen molar-refractivity contribution in [2.24, 2.45) is 16.8 Å². The van der Waals surface area contributed by atoms with Crippen LogP contribution in [0.4, 0.5) is 0 Å². The van der Waals surface area contributed by atoms with Crippen molar-refractivity contribution < 1.29 is 0 Å². The van der Waals surface area contributed by atoms with Gasteiger partial charge in [-0.25, -0.2) is 4.98 Å². The number of aromatic nitrogens is 1. The molecule has 1 aliphatic heterocycles. The number of hydrogen-bond acceptors (Lipinski definition) is 3. The molecule has 2 aliphatic rings. The normalized spacial score (nSPS) is 26.6. The third-order valence-corrected chi connectivity index (χ3v) is 5.43. The monoisotopic (exact) mass is 292 g/mol. The summed E-state index contributed by atoms with van der Waals surface area (Å²) in [4.78, 5) is 11.2. The molecule has 1 aromatic heterocycles. The second kappa shape index (κ2) is 6.57. The zero-order valence-corrected chi connectivity index (χ0v) is 13.0. The lowest BCUT2D eigenvalue weighted by molar-refractivity contribution is 0.299. The van der Waals surface area contributed by atoms with E-state index in [-0.39, 0.29) is 0 Å². The first-order chi connectivity index (χ1) is 9.86. The standard InChI is InChI=1S/C15H24N4S/c1-16-15(18-7-6-14-17-8-9-20-14)19-10-12-4-2-3-5-13(12)11-19/h8-9,12-13H,2-7,10-11H2,1H3,(H,16,18). The summed E-state index contributed by atoms with van der Waals surface area (Å²) in [6, 6.07) is 0. The summed E-state index contributed by atoms with van der Waals surface area (Å²) in [6.45, 7) is 3.31. The minimum Gasteiger partial charge on any atom is -0.356 e. The first-order valence-electron chi connectivity index (χ1n) is 7.71. The van der Waals surface area contributed by atoms with Crippen LogP contribution >= 0.6 is 11.3 Å². The van der Waals surface area contributed by atoms with E-state index in [0.29, 0.717) is 0 Å². The lowest BCUT2D eigenvalue weighted by atomic mass is 9.82. The molecule has 1 saturated heterocycles. The van der Waals surface area contributed by atoms with Gasteiger partial charge in [-0.15, -0.1) is 11.3 Å². The average molecular weight is 292 g/mol. The lowest BCUT2D eigenvalue weighted by Crippen LogP contribution is -2.41. The van der Waals surface area contributed by atoms with E-state index < -0.39 is 0 Å². The van der Waals surface area contributed by atoms with Crippen LogP contribution < -0.4 is 5.32 Å². The second-order valence-corrected chi connectivity index (χ2v) is 6.84. The Bertz CT molecular complexity index is 429. The van der Waals surface area contributed by atoms with Gasteiger partial charge in [0, 0.05) is 44.7 Å². The summed E-state index contributed by atoms with van der Waals surface area (Å²) in [7, 11) is 1.90.